The van der Waals surface area contributed by atoms with Crippen molar-refractivity contribution in [1.29, 1.82) is 0 Å². The predicted octanol–water partition coefficient (Wildman–Crippen LogP) is -0.524. The number of aromatic nitrogens is 6. The van der Waals surface area contributed by atoms with Gasteiger partial charge in [0.25, 0.3) is 0 Å². The Morgan fingerprint density at radius 2 is 2.19 bits per heavy atom. The summed E-state index contributed by atoms with van der Waals surface area (Å²) in [7, 11) is 0. The topological polar surface area (TPSA) is 89.6 Å². The van der Waals surface area contributed by atoms with Crippen molar-refractivity contribution in [2.45, 2.75) is 18.3 Å². The first-order chi connectivity index (χ1) is 7.84. The summed E-state index contributed by atoms with van der Waals surface area (Å²) in [6.07, 6.45) is 6.70. The van der Waals surface area contributed by atoms with Crippen molar-refractivity contribution >= 4 is 0 Å². The van der Waals surface area contributed by atoms with Gasteiger partial charge in [0, 0.05) is 5.41 Å². The fourth-order valence-corrected chi connectivity index (χ4v) is 1.63. The van der Waals surface area contributed by atoms with Gasteiger partial charge in [-0.25, -0.2) is 4.98 Å². The Kier molecular flexibility index (Phi) is 1.93. The van der Waals surface area contributed by atoms with Crippen molar-refractivity contribution in [2.75, 3.05) is 6.61 Å². The summed E-state index contributed by atoms with van der Waals surface area (Å²) in [6, 6.07) is 0. The molecule has 0 atom stereocenters. The number of tetrazole rings is 1. The minimum Gasteiger partial charge on any atom is -0.395 e. The molecule has 0 aromatic carbocycles. The Hall–Kier alpha value is -1.89. The molecular weight excluding hydrogens is 208 g/mol. The summed E-state index contributed by atoms with van der Waals surface area (Å²) in [5.74, 6) is 0.572. The minimum absolute atomic E-state index is 0.131. The van der Waals surface area contributed by atoms with E-state index in [4.69, 9.17) is 0 Å². The molecule has 0 spiro atoms. The standard InChI is InChI=1S/C9H10N6O/c16-5-9(1-2-9)7-3-11-8(4-10-7)15-6-12-13-14-15/h3-4,6,16H,1-2,5H2. The summed E-state index contributed by atoms with van der Waals surface area (Å²) < 4.78 is 1.44. The molecule has 0 unspecified atom stereocenters. The molecule has 1 saturated carbocycles. The van der Waals surface area contributed by atoms with E-state index in [2.05, 4.69) is 25.5 Å². The first-order valence-electron chi connectivity index (χ1n) is 5.01. The van der Waals surface area contributed by atoms with Crippen LogP contribution in [0.3, 0.4) is 0 Å². The largest absolute Gasteiger partial charge is 0.395 e. The molecule has 0 amide bonds. The molecule has 7 nitrogen and oxygen atoms in total. The van der Waals surface area contributed by atoms with E-state index >= 15 is 0 Å². The van der Waals surface area contributed by atoms with Crippen LogP contribution in [0, 0.1) is 0 Å². The Balaban J connectivity index is 1.91. The van der Waals surface area contributed by atoms with Crippen LogP contribution in [0.25, 0.3) is 5.82 Å². The van der Waals surface area contributed by atoms with Crippen LogP contribution in [0.15, 0.2) is 18.7 Å². The lowest BCUT2D eigenvalue weighted by Gasteiger charge is -2.09. The van der Waals surface area contributed by atoms with Gasteiger partial charge in [-0.2, -0.15) is 4.68 Å². The van der Waals surface area contributed by atoms with E-state index in [9.17, 15) is 5.11 Å². The maximum atomic E-state index is 9.26. The first-order valence-corrected chi connectivity index (χ1v) is 5.01. The predicted molar refractivity (Wildman–Crippen MR) is 52.7 cm³/mol. The highest BCUT2D eigenvalue weighted by Crippen LogP contribution is 2.46. The van der Waals surface area contributed by atoms with E-state index in [1.165, 1.54) is 11.0 Å². The zero-order valence-electron chi connectivity index (χ0n) is 8.48. The summed E-state index contributed by atoms with van der Waals surface area (Å²) in [5, 5.41) is 20.0. The lowest BCUT2D eigenvalue weighted by Crippen LogP contribution is -2.15. The third kappa shape index (κ3) is 1.36. The average molecular weight is 218 g/mol. The second-order valence-corrected chi connectivity index (χ2v) is 3.95. The quantitative estimate of drug-likeness (QED) is 0.745. The van der Waals surface area contributed by atoms with Crippen molar-refractivity contribution in [3.63, 3.8) is 0 Å². The highest BCUT2D eigenvalue weighted by molar-refractivity contribution is 5.25. The second-order valence-electron chi connectivity index (χ2n) is 3.95. The number of rotatable bonds is 3. The van der Waals surface area contributed by atoms with Crippen LogP contribution in [-0.2, 0) is 5.41 Å². The molecule has 16 heavy (non-hydrogen) atoms. The fraction of sp³-hybridized carbons (Fsp3) is 0.444. The highest BCUT2D eigenvalue weighted by Gasteiger charge is 2.45. The zero-order chi connectivity index (χ0) is 11.0. The van der Waals surface area contributed by atoms with Gasteiger partial charge < -0.3 is 5.11 Å². The molecule has 1 fully saturated rings. The average Bonchev–Trinajstić information content (AvgIpc) is 2.96. The van der Waals surface area contributed by atoms with E-state index in [1.807, 2.05) is 0 Å². The van der Waals surface area contributed by atoms with Gasteiger partial charge in [-0.05, 0) is 23.3 Å². The van der Waals surface area contributed by atoms with Crippen molar-refractivity contribution in [3.8, 4) is 5.82 Å². The van der Waals surface area contributed by atoms with Crippen LogP contribution >= 0.6 is 0 Å². The van der Waals surface area contributed by atoms with E-state index in [1.54, 1.807) is 12.4 Å². The third-order valence-corrected chi connectivity index (χ3v) is 2.92. The summed E-state index contributed by atoms with van der Waals surface area (Å²) in [6.45, 7) is 0.131. The Morgan fingerprint density at radius 3 is 2.69 bits per heavy atom. The van der Waals surface area contributed by atoms with Gasteiger partial charge in [0.05, 0.1) is 24.7 Å². The molecule has 2 aromatic rings. The highest BCUT2D eigenvalue weighted by atomic mass is 16.3. The molecule has 7 heteroatoms. The molecule has 3 rings (SSSR count). The number of hydrogen-bond donors (Lipinski definition) is 1. The molecule has 0 aliphatic heterocycles. The van der Waals surface area contributed by atoms with Crippen LogP contribution < -0.4 is 0 Å². The van der Waals surface area contributed by atoms with Crippen LogP contribution in [0.2, 0.25) is 0 Å². The zero-order valence-corrected chi connectivity index (χ0v) is 8.48. The second kappa shape index (κ2) is 3.31. The molecule has 82 valence electrons. The molecule has 1 aliphatic carbocycles. The summed E-state index contributed by atoms with van der Waals surface area (Å²) >= 11 is 0. The number of hydrogen-bond acceptors (Lipinski definition) is 6. The molecule has 2 heterocycles. The fourth-order valence-electron chi connectivity index (χ4n) is 1.63. The van der Waals surface area contributed by atoms with Gasteiger partial charge in [-0.3, -0.25) is 4.98 Å². The van der Waals surface area contributed by atoms with E-state index in [0.717, 1.165) is 18.5 Å². The van der Waals surface area contributed by atoms with Gasteiger partial charge in [0.2, 0.25) is 0 Å². The number of aliphatic hydroxyl groups excluding tert-OH is 1. The Bertz CT molecular complexity index is 475. The van der Waals surface area contributed by atoms with Gasteiger partial charge in [-0.15, -0.1) is 5.10 Å². The van der Waals surface area contributed by atoms with Crippen molar-refractivity contribution in [1.82, 2.24) is 30.2 Å². The van der Waals surface area contributed by atoms with Crippen molar-refractivity contribution < 1.29 is 5.11 Å². The smallest absolute Gasteiger partial charge is 0.175 e. The van der Waals surface area contributed by atoms with Gasteiger partial charge >= 0.3 is 0 Å². The van der Waals surface area contributed by atoms with Gasteiger partial charge in [0.15, 0.2) is 5.82 Å². The molecule has 0 bridgehead atoms. The minimum atomic E-state index is -0.147. The molecule has 1 aliphatic rings. The van der Waals surface area contributed by atoms with Crippen LogP contribution in [0.4, 0.5) is 0 Å². The Morgan fingerprint density at radius 1 is 1.31 bits per heavy atom. The molecule has 0 radical (unpaired) electrons. The maximum Gasteiger partial charge on any atom is 0.175 e. The monoisotopic (exact) mass is 218 g/mol. The normalized spacial score (nSPS) is 17.3. The SMILES string of the molecule is OCC1(c2cnc(-n3cnnn3)cn2)CC1. The van der Waals surface area contributed by atoms with Crippen LogP contribution in [0.1, 0.15) is 18.5 Å². The number of nitrogens with zero attached hydrogens (tertiary/aromatic N) is 6. The lowest BCUT2D eigenvalue weighted by atomic mass is 10.1. The first kappa shape index (κ1) is 9.34. The van der Waals surface area contributed by atoms with Crippen LogP contribution in [0.5, 0.6) is 0 Å². The van der Waals surface area contributed by atoms with Crippen molar-refractivity contribution in [2.24, 2.45) is 0 Å². The Labute approximate surface area is 91.2 Å². The molecule has 1 N–H and O–H groups in total. The molecular formula is C9H10N6O. The van der Waals surface area contributed by atoms with Gasteiger partial charge in [-0.1, -0.05) is 0 Å². The van der Waals surface area contributed by atoms with E-state index in [0.29, 0.717) is 5.82 Å². The maximum absolute atomic E-state index is 9.26. The molecule has 0 saturated heterocycles. The van der Waals surface area contributed by atoms with Gasteiger partial charge in [0.1, 0.15) is 6.33 Å². The summed E-state index contributed by atoms with van der Waals surface area (Å²) in [5.41, 5.74) is 0.693. The lowest BCUT2D eigenvalue weighted by molar-refractivity contribution is 0.252. The summed E-state index contributed by atoms with van der Waals surface area (Å²) in [4.78, 5) is 8.52. The van der Waals surface area contributed by atoms with E-state index < -0.39 is 0 Å². The third-order valence-electron chi connectivity index (χ3n) is 2.92. The van der Waals surface area contributed by atoms with Crippen LogP contribution in [-0.4, -0.2) is 41.9 Å². The number of aliphatic hydroxyl groups is 1. The molecule has 2 aromatic heterocycles. The van der Waals surface area contributed by atoms with Crippen molar-refractivity contribution in [3.05, 3.63) is 24.4 Å². The van der Waals surface area contributed by atoms with E-state index in [-0.39, 0.29) is 12.0 Å².